The van der Waals surface area contributed by atoms with Gasteiger partial charge >= 0.3 is 5.97 Å². The highest BCUT2D eigenvalue weighted by atomic mass is 16.6. The Morgan fingerprint density at radius 2 is 1.71 bits per heavy atom. The third-order valence-electron chi connectivity index (χ3n) is 15.7. The number of nitrogens with two attached hydrogens (primary N) is 1. The number of carboxylic acids is 1. The minimum atomic E-state index is -0.853. The summed E-state index contributed by atoms with van der Waals surface area (Å²) in [5.74, 6) is -0.760. The molecule has 0 bridgehead atoms. The lowest BCUT2D eigenvalue weighted by atomic mass is 9.45. The smallest absolute Gasteiger partial charge is 0.311 e. The number of piperidine rings is 2. The number of aliphatic hydroxyl groups excluding tert-OH is 4. The predicted molar refractivity (Wildman–Crippen MR) is 205 cm³/mol. The maximum absolute atomic E-state index is 13.4. The second-order valence-corrected chi connectivity index (χ2v) is 18.8. The molecule has 6 fully saturated rings. The molecule has 0 aromatic carbocycles. The number of hydrogen-bond donors (Lipinski definition) is 8. The molecular weight excluding hydrogens is 706 g/mol. The van der Waals surface area contributed by atoms with Gasteiger partial charge in [0.2, 0.25) is 0 Å². The maximum atomic E-state index is 13.4. The molecule has 3 heterocycles. The number of carboxylic acid groups (broad SMARTS) is 1. The lowest BCUT2D eigenvalue weighted by Crippen LogP contribution is -2.70. The molecule has 4 aliphatic carbocycles. The zero-order valence-corrected chi connectivity index (χ0v) is 33.2. The van der Waals surface area contributed by atoms with Crippen LogP contribution in [0.25, 0.3) is 0 Å². The Kier molecular flexibility index (Phi) is 13.7. The molecule has 13 heteroatoms. The van der Waals surface area contributed by atoms with Gasteiger partial charge in [-0.2, -0.15) is 0 Å². The molecule has 55 heavy (non-hydrogen) atoms. The normalized spacial score (nSPS) is 47.4. The summed E-state index contributed by atoms with van der Waals surface area (Å²) in [6.07, 6.45) is 13.6. The van der Waals surface area contributed by atoms with Crippen LogP contribution in [-0.2, 0) is 23.7 Å². The molecule has 2 spiro atoms. The van der Waals surface area contributed by atoms with Gasteiger partial charge in [0.1, 0.15) is 12.9 Å². The van der Waals surface area contributed by atoms with Crippen LogP contribution in [0.4, 0.5) is 0 Å². The average molecular weight is 778 g/mol. The molecule has 9 N–H and O–H groups in total. The standard InChI is InChI=1S/C42H71N3O10/c1-24-21-41(12-3-4-13-41)42(30(8-9-31(42)40(50)51)26-11-14-44-38(43)18-26)37(45-24)22-53-36-17-27(16-35(52-2)39(36)49)33-20-28(47)19-29(55-33)7-5-25-6-10-32(48)34(15-25)54-23-46/h8-9,24-39,44-49H,3-7,10-23,43H2,1-2H3,(H,50,51). The minimum absolute atomic E-state index is 0.000209. The first kappa shape index (κ1) is 41.9. The zero-order chi connectivity index (χ0) is 38.9. The van der Waals surface area contributed by atoms with Crippen molar-refractivity contribution in [3.8, 4) is 0 Å². The summed E-state index contributed by atoms with van der Waals surface area (Å²) in [7, 11) is 1.63. The SMILES string of the molecule is COC1CC(C2CC(O)CC(CCC3CCC(O)C(OCO)C3)O2)CC(OCC2NC(C)CC3(CCCC3)C23C(C(=O)O)C=CC3C2CCNC(N)C2)C1O. The molecule has 13 nitrogen and oxygen atoms in total. The van der Waals surface area contributed by atoms with Crippen LogP contribution >= 0.6 is 0 Å². The van der Waals surface area contributed by atoms with E-state index < -0.39 is 54.6 Å². The van der Waals surface area contributed by atoms with Crippen LogP contribution < -0.4 is 16.4 Å². The monoisotopic (exact) mass is 778 g/mol. The Hall–Kier alpha value is -1.23. The van der Waals surface area contributed by atoms with Crippen LogP contribution in [0.3, 0.4) is 0 Å². The fourth-order valence-corrected chi connectivity index (χ4v) is 13.4. The van der Waals surface area contributed by atoms with E-state index in [-0.39, 0.29) is 66.3 Å². The van der Waals surface area contributed by atoms with Gasteiger partial charge in [0, 0.05) is 24.6 Å². The van der Waals surface area contributed by atoms with E-state index in [1.165, 1.54) is 0 Å². The predicted octanol–water partition coefficient (Wildman–Crippen LogP) is 2.81. The molecular formula is C42H71N3O10. The van der Waals surface area contributed by atoms with Crippen LogP contribution in [0.5, 0.6) is 0 Å². The number of aliphatic carboxylic acids is 1. The van der Waals surface area contributed by atoms with Crippen LogP contribution in [0, 0.1) is 40.4 Å². The van der Waals surface area contributed by atoms with Crippen molar-refractivity contribution in [2.75, 3.05) is 27.1 Å². The van der Waals surface area contributed by atoms with Gasteiger partial charge < -0.3 is 60.8 Å². The fraction of sp³-hybridized carbons (Fsp3) is 0.929. The largest absolute Gasteiger partial charge is 0.481 e. The van der Waals surface area contributed by atoms with Crippen molar-refractivity contribution >= 4 is 5.97 Å². The molecule has 17 unspecified atom stereocenters. The van der Waals surface area contributed by atoms with Crippen molar-refractivity contribution in [2.24, 2.45) is 46.2 Å². The first-order chi connectivity index (χ1) is 26.5. The molecule has 7 rings (SSSR count). The number of nitrogens with one attached hydrogen (secondary N) is 2. The van der Waals surface area contributed by atoms with Gasteiger partial charge in [-0.25, -0.2) is 0 Å². The number of rotatable bonds is 12. The highest BCUT2D eigenvalue weighted by molar-refractivity contribution is 5.75. The summed E-state index contributed by atoms with van der Waals surface area (Å²) < 4.78 is 24.9. The number of ether oxygens (including phenoxy) is 4. The Morgan fingerprint density at radius 1 is 0.927 bits per heavy atom. The molecule has 7 aliphatic rings. The highest BCUT2D eigenvalue weighted by Gasteiger charge is 2.69. The molecule has 314 valence electrons. The number of aliphatic hydroxyl groups is 4. The summed E-state index contributed by atoms with van der Waals surface area (Å²) in [6, 6.07) is -0.0459. The summed E-state index contributed by atoms with van der Waals surface area (Å²) in [6.45, 7) is 2.92. The molecule has 3 aliphatic heterocycles. The Balaban J connectivity index is 1.08. The quantitative estimate of drug-likeness (QED) is 0.106. The van der Waals surface area contributed by atoms with Crippen LogP contribution in [0.1, 0.15) is 110 Å². The van der Waals surface area contributed by atoms with Crippen molar-refractivity contribution in [3.05, 3.63) is 12.2 Å². The van der Waals surface area contributed by atoms with E-state index in [1.807, 2.05) is 6.08 Å². The third kappa shape index (κ3) is 8.46. The fourth-order valence-electron chi connectivity index (χ4n) is 13.4. The molecule has 3 saturated carbocycles. The molecule has 0 amide bonds. The molecule has 3 saturated heterocycles. The van der Waals surface area contributed by atoms with Crippen LogP contribution in [0.2, 0.25) is 0 Å². The van der Waals surface area contributed by atoms with E-state index in [9.17, 15) is 30.3 Å². The average Bonchev–Trinajstić information content (AvgIpc) is 3.80. The van der Waals surface area contributed by atoms with Crippen molar-refractivity contribution in [2.45, 2.75) is 177 Å². The lowest BCUT2D eigenvalue weighted by molar-refractivity contribution is -0.193. The van der Waals surface area contributed by atoms with E-state index >= 15 is 0 Å². The molecule has 0 aromatic heterocycles. The summed E-state index contributed by atoms with van der Waals surface area (Å²) in [5, 5.41) is 60.6. The van der Waals surface area contributed by atoms with Gasteiger partial charge in [0.25, 0.3) is 0 Å². The first-order valence-electron chi connectivity index (χ1n) is 21.7. The Labute approximate surface area is 327 Å². The molecule has 17 atom stereocenters. The third-order valence-corrected chi connectivity index (χ3v) is 15.7. The number of fused-ring (bicyclic) bond motifs is 1. The van der Waals surface area contributed by atoms with Gasteiger partial charge in [-0.3, -0.25) is 4.79 Å². The first-order valence-corrected chi connectivity index (χ1v) is 21.7. The van der Waals surface area contributed by atoms with Crippen LogP contribution in [0.15, 0.2) is 12.2 Å². The molecule has 0 aromatic rings. The minimum Gasteiger partial charge on any atom is -0.481 e. The van der Waals surface area contributed by atoms with E-state index in [2.05, 4.69) is 23.6 Å². The number of methoxy groups -OCH3 is 1. The van der Waals surface area contributed by atoms with E-state index in [0.717, 1.165) is 70.8 Å². The number of carbonyl (C=O) groups is 1. The topological polar surface area (TPSA) is 205 Å². The summed E-state index contributed by atoms with van der Waals surface area (Å²) >= 11 is 0. The Bertz CT molecular complexity index is 1300. The number of allylic oxidation sites excluding steroid dienone is 1. The van der Waals surface area contributed by atoms with Gasteiger partial charge in [-0.1, -0.05) is 25.0 Å². The van der Waals surface area contributed by atoms with E-state index in [1.54, 1.807) is 7.11 Å². The summed E-state index contributed by atoms with van der Waals surface area (Å²) in [5.41, 5.74) is 5.75. The van der Waals surface area contributed by atoms with Gasteiger partial charge in [0.15, 0.2) is 0 Å². The van der Waals surface area contributed by atoms with Crippen molar-refractivity contribution < 1.29 is 49.3 Å². The highest BCUT2D eigenvalue weighted by Crippen LogP contribution is 2.68. The van der Waals surface area contributed by atoms with E-state index in [0.29, 0.717) is 44.4 Å². The second kappa shape index (κ2) is 17.9. The van der Waals surface area contributed by atoms with Crippen molar-refractivity contribution in [1.29, 1.82) is 0 Å². The number of hydrogen-bond acceptors (Lipinski definition) is 12. The van der Waals surface area contributed by atoms with Crippen molar-refractivity contribution in [1.82, 2.24) is 10.6 Å². The van der Waals surface area contributed by atoms with Gasteiger partial charge in [-0.15, -0.1) is 0 Å². The summed E-state index contributed by atoms with van der Waals surface area (Å²) in [4.78, 5) is 13.4. The second-order valence-electron chi connectivity index (χ2n) is 18.8. The van der Waals surface area contributed by atoms with Crippen LogP contribution in [-0.4, -0.2) is 126 Å². The maximum Gasteiger partial charge on any atom is 0.311 e. The zero-order valence-electron chi connectivity index (χ0n) is 33.2. The Morgan fingerprint density at radius 3 is 2.44 bits per heavy atom. The lowest BCUT2D eigenvalue weighted by Gasteiger charge is -2.63. The molecule has 0 radical (unpaired) electrons. The van der Waals surface area contributed by atoms with Gasteiger partial charge in [-0.05, 0) is 132 Å². The van der Waals surface area contributed by atoms with Gasteiger partial charge in [0.05, 0.1) is 61.4 Å². The van der Waals surface area contributed by atoms with E-state index in [4.69, 9.17) is 24.7 Å². The van der Waals surface area contributed by atoms with Crippen molar-refractivity contribution in [3.63, 3.8) is 0 Å².